The number of nitrogens with zero attached hydrogens (tertiary/aromatic N) is 4. The Morgan fingerprint density at radius 3 is 2.80 bits per heavy atom. The number of halogens is 1. The molecular formula is C17H27ClN4O2S. The molecule has 1 aromatic heterocycles. The molecule has 0 spiro atoms. The van der Waals surface area contributed by atoms with E-state index in [-0.39, 0.29) is 12.1 Å². The summed E-state index contributed by atoms with van der Waals surface area (Å²) in [6.07, 6.45) is 4.75. The largest absolute Gasteiger partial charge is 0.444 e. The van der Waals surface area contributed by atoms with E-state index >= 15 is 0 Å². The van der Waals surface area contributed by atoms with Crippen molar-refractivity contribution in [1.82, 2.24) is 14.9 Å². The summed E-state index contributed by atoms with van der Waals surface area (Å²) in [6.45, 7) is 7.09. The smallest absolute Gasteiger partial charge is 0.410 e. The summed E-state index contributed by atoms with van der Waals surface area (Å²) in [5.74, 6) is 0.763. The topological polar surface area (TPSA) is 58.6 Å². The van der Waals surface area contributed by atoms with Gasteiger partial charge < -0.3 is 14.5 Å². The van der Waals surface area contributed by atoms with Crippen LogP contribution in [0.25, 0.3) is 0 Å². The molecule has 140 valence electrons. The molecule has 0 saturated carbocycles. The van der Waals surface area contributed by atoms with E-state index in [1.165, 1.54) is 11.8 Å². The number of hydrogen-bond donors (Lipinski definition) is 0. The van der Waals surface area contributed by atoms with E-state index in [9.17, 15) is 4.79 Å². The minimum Gasteiger partial charge on any atom is -0.444 e. The fourth-order valence-electron chi connectivity index (χ4n) is 2.83. The highest BCUT2D eigenvalue weighted by Gasteiger charge is 2.31. The number of likely N-dealkylation sites (tertiary alicyclic amines) is 1. The van der Waals surface area contributed by atoms with E-state index in [2.05, 4.69) is 9.97 Å². The molecule has 0 unspecified atom stereocenters. The summed E-state index contributed by atoms with van der Waals surface area (Å²) in [5.41, 5.74) is -0.488. The molecule has 0 N–H and O–H groups in total. The Bertz CT molecular complexity index is 609. The molecule has 1 saturated heterocycles. The fourth-order valence-corrected chi connectivity index (χ4v) is 3.44. The quantitative estimate of drug-likeness (QED) is 0.441. The summed E-state index contributed by atoms with van der Waals surface area (Å²) >= 11 is 7.55. The highest BCUT2D eigenvalue weighted by molar-refractivity contribution is 7.98. The van der Waals surface area contributed by atoms with Gasteiger partial charge in [-0.1, -0.05) is 23.4 Å². The second-order valence-corrected chi connectivity index (χ2v) is 8.40. The predicted octanol–water partition coefficient (Wildman–Crippen LogP) is 4.08. The van der Waals surface area contributed by atoms with Gasteiger partial charge in [0.2, 0.25) is 0 Å². The Morgan fingerprint density at radius 2 is 2.16 bits per heavy atom. The third kappa shape index (κ3) is 5.92. The van der Waals surface area contributed by atoms with Gasteiger partial charge in [-0.25, -0.2) is 14.8 Å². The average molecular weight is 387 g/mol. The molecule has 0 aromatic carbocycles. The zero-order valence-corrected chi connectivity index (χ0v) is 17.2. The zero-order chi connectivity index (χ0) is 18.6. The number of amides is 1. The molecule has 1 fully saturated rings. The van der Waals surface area contributed by atoms with E-state index in [1.807, 2.05) is 43.9 Å². The molecule has 2 heterocycles. The van der Waals surface area contributed by atoms with E-state index in [4.69, 9.17) is 16.3 Å². The minimum atomic E-state index is -0.488. The van der Waals surface area contributed by atoms with Gasteiger partial charge in [0, 0.05) is 26.2 Å². The summed E-state index contributed by atoms with van der Waals surface area (Å²) in [5, 5.41) is 1.07. The number of carbonyl (C=O) groups excluding carboxylic acids is 1. The number of aromatic nitrogens is 2. The summed E-state index contributed by atoms with van der Waals surface area (Å²) in [4.78, 5) is 25.1. The van der Waals surface area contributed by atoms with Gasteiger partial charge in [0.25, 0.3) is 0 Å². The molecule has 2 rings (SSSR count). The lowest BCUT2D eigenvalue weighted by atomic mass is 10.0. The van der Waals surface area contributed by atoms with Crippen LogP contribution in [0.2, 0.25) is 5.15 Å². The van der Waals surface area contributed by atoms with Crippen LogP contribution in [0.5, 0.6) is 0 Å². The predicted molar refractivity (Wildman–Crippen MR) is 103 cm³/mol. The lowest BCUT2D eigenvalue weighted by molar-refractivity contribution is 0.0108. The van der Waals surface area contributed by atoms with E-state index < -0.39 is 5.60 Å². The van der Waals surface area contributed by atoms with Crippen LogP contribution in [0.1, 0.15) is 40.0 Å². The van der Waals surface area contributed by atoms with Crippen molar-refractivity contribution in [1.29, 1.82) is 0 Å². The van der Waals surface area contributed by atoms with Crippen LogP contribution < -0.4 is 4.90 Å². The Kier molecular flexibility index (Phi) is 6.79. The lowest BCUT2D eigenvalue weighted by Gasteiger charge is -2.38. The van der Waals surface area contributed by atoms with Crippen LogP contribution in [0.3, 0.4) is 0 Å². The van der Waals surface area contributed by atoms with Crippen LogP contribution >= 0.6 is 23.4 Å². The van der Waals surface area contributed by atoms with Gasteiger partial charge in [0.1, 0.15) is 16.6 Å². The lowest BCUT2D eigenvalue weighted by Crippen LogP contribution is -2.50. The first-order valence-electron chi connectivity index (χ1n) is 8.49. The maximum absolute atomic E-state index is 12.5. The average Bonchev–Trinajstić information content (AvgIpc) is 2.53. The van der Waals surface area contributed by atoms with Crippen molar-refractivity contribution in [2.75, 3.05) is 31.3 Å². The number of hydrogen-bond acceptors (Lipinski definition) is 6. The fraction of sp³-hybridized carbons (Fsp3) is 0.706. The molecule has 1 aromatic rings. The molecular weight excluding hydrogens is 360 g/mol. The number of likely N-dealkylation sites (N-methyl/N-ethyl adjacent to an activating group) is 1. The van der Waals surface area contributed by atoms with Crippen LogP contribution in [0, 0.1) is 0 Å². The van der Waals surface area contributed by atoms with Crippen molar-refractivity contribution in [3.05, 3.63) is 11.2 Å². The first-order chi connectivity index (χ1) is 11.7. The standard InChI is InChI=1S/C17H27ClN4O2S/c1-17(2,3)24-16(23)22-9-7-6-8-12(22)11-21(4)14-10-13(18)19-15(20-14)25-5/h10,12H,6-9,11H2,1-5H3/t12-/m0/s1. The van der Waals surface area contributed by atoms with Crippen molar-refractivity contribution >= 4 is 35.3 Å². The summed E-state index contributed by atoms with van der Waals surface area (Å²) < 4.78 is 5.57. The third-order valence-electron chi connectivity index (χ3n) is 3.97. The normalized spacial score (nSPS) is 18.2. The number of rotatable bonds is 4. The number of thioether (sulfide) groups is 1. The molecule has 0 radical (unpaired) electrons. The van der Waals surface area contributed by atoms with Crippen LogP contribution in [-0.4, -0.2) is 59.0 Å². The molecule has 0 bridgehead atoms. The summed E-state index contributed by atoms with van der Waals surface area (Å²) in [6, 6.07) is 1.85. The van der Waals surface area contributed by atoms with Gasteiger partial charge in [-0.2, -0.15) is 0 Å². The highest BCUT2D eigenvalue weighted by atomic mass is 35.5. The molecule has 6 nitrogen and oxygen atoms in total. The van der Waals surface area contributed by atoms with E-state index in [1.54, 1.807) is 6.07 Å². The van der Waals surface area contributed by atoms with Gasteiger partial charge >= 0.3 is 6.09 Å². The van der Waals surface area contributed by atoms with Crippen molar-refractivity contribution in [2.45, 2.75) is 56.8 Å². The molecule has 25 heavy (non-hydrogen) atoms. The van der Waals surface area contributed by atoms with E-state index in [0.29, 0.717) is 16.9 Å². The Balaban J connectivity index is 2.10. The van der Waals surface area contributed by atoms with Gasteiger partial charge in [-0.05, 0) is 46.3 Å². The SMILES string of the molecule is CSc1nc(Cl)cc(N(C)C[C@@H]2CCCCN2C(=O)OC(C)(C)C)n1. The Morgan fingerprint density at radius 1 is 1.44 bits per heavy atom. The second-order valence-electron chi connectivity index (χ2n) is 7.24. The maximum atomic E-state index is 12.5. The number of anilines is 1. The second kappa shape index (κ2) is 8.45. The van der Waals surface area contributed by atoms with Gasteiger partial charge in [0.15, 0.2) is 5.16 Å². The van der Waals surface area contributed by atoms with Crippen LogP contribution in [0.4, 0.5) is 10.6 Å². The number of piperidine rings is 1. The molecule has 0 aliphatic carbocycles. The molecule has 1 atom stereocenters. The number of ether oxygens (including phenoxy) is 1. The van der Waals surface area contributed by atoms with Crippen molar-refractivity contribution in [3.8, 4) is 0 Å². The Labute approximate surface area is 159 Å². The highest BCUT2D eigenvalue weighted by Crippen LogP contribution is 2.24. The maximum Gasteiger partial charge on any atom is 0.410 e. The summed E-state index contributed by atoms with van der Waals surface area (Å²) in [7, 11) is 1.96. The van der Waals surface area contributed by atoms with Crippen molar-refractivity contribution < 1.29 is 9.53 Å². The first kappa shape index (κ1) is 20.1. The third-order valence-corrected chi connectivity index (χ3v) is 4.72. The first-order valence-corrected chi connectivity index (χ1v) is 10.1. The van der Waals surface area contributed by atoms with Crippen LogP contribution in [0.15, 0.2) is 11.2 Å². The number of carbonyl (C=O) groups is 1. The van der Waals surface area contributed by atoms with Gasteiger partial charge in [0.05, 0.1) is 6.04 Å². The van der Waals surface area contributed by atoms with Crippen molar-refractivity contribution in [2.24, 2.45) is 0 Å². The molecule has 8 heteroatoms. The zero-order valence-electron chi connectivity index (χ0n) is 15.6. The van der Waals surface area contributed by atoms with Crippen LogP contribution in [-0.2, 0) is 4.74 Å². The van der Waals surface area contributed by atoms with Gasteiger partial charge in [-0.3, -0.25) is 0 Å². The molecule has 1 aliphatic heterocycles. The van der Waals surface area contributed by atoms with E-state index in [0.717, 1.165) is 31.6 Å². The monoisotopic (exact) mass is 386 g/mol. The minimum absolute atomic E-state index is 0.0973. The van der Waals surface area contributed by atoms with Gasteiger partial charge in [-0.15, -0.1) is 0 Å². The molecule has 1 aliphatic rings. The molecule has 1 amide bonds. The Hall–Kier alpha value is -1.21. The van der Waals surface area contributed by atoms with Crippen molar-refractivity contribution in [3.63, 3.8) is 0 Å².